The van der Waals surface area contributed by atoms with Gasteiger partial charge in [0.15, 0.2) is 0 Å². The molecule has 0 aliphatic rings. The van der Waals surface area contributed by atoms with Gasteiger partial charge in [-0.05, 0) is 25.1 Å². The molecule has 1 aromatic carbocycles. The molecule has 2 heterocycles. The third kappa shape index (κ3) is 1.08. The number of nitrogens with zero attached hydrogens (tertiary/aromatic N) is 2. The van der Waals surface area contributed by atoms with E-state index in [4.69, 9.17) is 0 Å². The standard InChI is InChI=1S/C11H9N3O/c1-7-6-10-11(15)12-8-4-2-3-5-9(8)14(10)13-7/h2-6H,1H3,(H,12,15). The van der Waals surface area contributed by atoms with Crippen LogP contribution in [0, 0.1) is 6.92 Å². The third-order valence-electron chi connectivity index (χ3n) is 2.44. The number of hydrogen-bond acceptors (Lipinski definition) is 2. The van der Waals surface area contributed by atoms with E-state index < -0.39 is 0 Å². The molecule has 3 rings (SSSR count). The van der Waals surface area contributed by atoms with Gasteiger partial charge in [-0.1, -0.05) is 12.1 Å². The van der Waals surface area contributed by atoms with Gasteiger partial charge in [-0.25, -0.2) is 4.52 Å². The summed E-state index contributed by atoms with van der Waals surface area (Å²) in [6.45, 7) is 1.88. The monoisotopic (exact) mass is 199 g/mol. The Kier molecular flexibility index (Phi) is 1.48. The molecule has 0 saturated heterocycles. The molecule has 0 aliphatic heterocycles. The van der Waals surface area contributed by atoms with Gasteiger partial charge in [-0.15, -0.1) is 0 Å². The van der Waals surface area contributed by atoms with Crippen LogP contribution in [0.15, 0.2) is 35.1 Å². The fourth-order valence-corrected chi connectivity index (χ4v) is 1.80. The number of fused-ring (bicyclic) bond motifs is 3. The lowest BCUT2D eigenvalue weighted by molar-refractivity contribution is 0.959. The molecule has 4 nitrogen and oxygen atoms in total. The number of aromatic amines is 1. The predicted octanol–water partition coefficient (Wildman–Crippen LogP) is 1.48. The molecular formula is C11H9N3O. The summed E-state index contributed by atoms with van der Waals surface area (Å²) in [7, 11) is 0. The Morgan fingerprint density at radius 3 is 2.93 bits per heavy atom. The molecule has 1 N–H and O–H groups in total. The highest BCUT2D eigenvalue weighted by molar-refractivity contribution is 5.77. The zero-order chi connectivity index (χ0) is 10.4. The minimum atomic E-state index is -0.102. The smallest absolute Gasteiger partial charge is 0.274 e. The van der Waals surface area contributed by atoms with Crippen molar-refractivity contribution in [3.63, 3.8) is 0 Å². The molecule has 0 fully saturated rings. The van der Waals surface area contributed by atoms with Gasteiger partial charge >= 0.3 is 0 Å². The quantitative estimate of drug-likeness (QED) is 0.596. The Morgan fingerprint density at radius 2 is 2.07 bits per heavy atom. The second kappa shape index (κ2) is 2.70. The maximum Gasteiger partial charge on any atom is 0.274 e. The van der Waals surface area contributed by atoms with Crippen LogP contribution in [0.2, 0.25) is 0 Å². The van der Waals surface area contributed by atoms with Crippen molar-refractivity contribution in [2.45, 2.75) is 6.92 Å². The maximum atomic E-state index is 11.7. The molecular weight excluding hydrogens is 190 g/mol. The molecule has 0 aliphatic carbocycles. The van der Waals surface area contributed by atoms with E-state index in [1.807, 2.05) is 31.2 Å². The highest BCUT2D eigenvalue weighted by Crippen LogP contribution is 2.11. The van der Waals surface area contributed by atoms with Crippen LogP contribution in [-0.2, 0) is 0 Å². The Morgan fingerprint density at radius 1 is 1.27 bits per heavy atom. The summed E-state index contributed by atoms with van der Waals surface area (Å²) < 4.78 is 1.68. The lowest BCUT2D eigenvalue weighted by Gasteiger charge is -1.99. The highest BCUT2D eigenvalue weighted by atomic mass is 16.1. The maximum absolute atomic E-state index is 11.7. The number of aryl methyl sites for hydroxylation is 1. The van der Waals surface area contributed by atoms with Crippen LogP contribution >= 0.6 is 0 Å². The van der Waals surface area contributed by atoms with E-state index in [0.29, 0.717) is 5.52 Å². The zero-order valence-electron chi connectivity index (χ0n) is 8.19. The lowest BCUT2D eigenvalue weighted by Crippen LogP contribution is -2.10. The van der Waals surface area contributed by atoms with Crippen LogP contribution in [0.3, 0.4) is 0 Å². The molecule has 0 atom stereocenters. The van der Waals surface area contributed by atoms with Gasteiger partial charge in [0.05, 0.1) is 16.7 Å². The first kappa shape index (κ1) is 8.23. The van der Waals surface area contributed by atoms with Crippen molar-refractivity contribution in [3.8, 4) is 0 Å². The first-order valence-electron chi connectivity index (χ1n) is 4.73. The SMILES string of the molecule is Cc1cc2c(=O)[nH]c3ccccc3n2n1. The first-order chi connectivity index (χ1) is 7.25. The second-order valence-electron chi connectivity index (χ2n) is 3.55. The molecule has 15 heavy (non-hydrogen) atoms. The summed E-state index contributed by atoms with van der Waals surface area (Å²) in [5.74, 6) is 0. The summed E-state index contributed by atoms with van der Waals surface area (Å²) in [6, 6.07) is 9.40. The van der Waals surface area contributed by atoms with E-state index in [1.54, 1.807) is 10.6 Å². The fraction of sp³-hybridized carbons (Fsp3) is 0.0909. The molecule has 0 bridgehead atoms. The fourth-order valence-electron chi connectivity index (χ4n) is 1.80. The summed E-state index contributed by atoms with van der Waals surface area (Å²) in [6.07, 6.45) is 0. The van der Waals surface area contributed by atoms with Gasteiger partial charge in [-0.3, -0.25) is 4.79 Å². The number of nitrogens with one attached hydrogen (secondary N) is 1. The molecule has 2 aromatic heterocycles. The minimum absolute atomic E-state index is 0.102. The summed E-state index contributed by atoms with van der Waals surface area (Å²) >= 11 is 0. The average molecular weight is 199 g/mol. The lowest BCUT2D eigenvalue weighted by atomic mass is 10.3. The van der Waals surface area contributed by atoms with Gasteiger partial charge < -0.3 is 4.98 Å². The van der Waals surface area contributed by atoms with Crippen LogP contribution < -0.4 is 5.56 Å². The average Bonchev–Trinajstić information content (AvgIpc) is 2.61. The molecule has 74 valence electrons. The van der Waals surface area contributed by atoms with Crippen LogP contribution in [-0.4, -0.2) is 14.6 Å². The Balaban J connectivity index is 2.69. The van der Waals surface area contributed by atoms with Crippen LogP contribution in [0.5, 0.6) is 0 Å². The van der Waals surface area contributed by atoms with Crippen molar-refractivity contribution in [1.82, 2.24) is 14.6 Å². The summed E-state index contributed by atoms with van der Waals surface area (Å²) in [5.41, 5.74) is 3.05. The summed E-state index contributed by atoms with van der Waals surface area (Å²) in [4.78, 5) is 14.5. The van der Waals surface area contributed by atoms with Crippen molar-refractivity contribution >= 4 is 16.6 Å². The molecule has 0 radical (unpaired) electrons. The Hall–Kier alpha value is -2.10. The number of hydrogen-bond donors (Lipinski definition) is 1. The van der Waals surface area contributed by atoms with Gasteiger partial charge in [-0.2, -0.15) is 5.10 Å². The van der Waals surface area contributed by atoms with Crippen molar-refractivity contribution in [2.24, 2.45) is 0 Å². The molecule has 0 amide bonds. The number of aromatic nitrogens is 3. The third-order valence-corrected chi connectivity index (χ3v) is 2.44. The Labute approximate surface area is 85.2 Å². The molecule has 0 unspecified atom stereocenters. The largest absolute Gasteiger partial charge is 0.319 e. The number of rotatable bonds is 0. The number of benzene rings is 1. The number of para-hydroxylation sites is 2. The number of H-pyrrole nitrogens is 1. The summed E-state index contributed by atoms with van der Waals surface area (Å²) in [5, 5.41) is 4.30. The second-order valence-corrected chi connectivity index (χ2v) is 3.55. The van der Waals surface area contributed by atoms with E-state index in [2.05, 4.69) is 10.1 Å². The van der Waals surface area contributed by atoms with E-state index in [9.17, 15) is 4.79 Å². The molecule has 0 saturated carbocycles. The van der Waals surface area contributed by atoms with Crippen molar-refractivity contribution in [3.05, 3.63) is 46.4 Å². The van der Waals surface area contributed by atoms with Crippen LogP contribution in [0.25, 0.3) is 16.6 Å². The Bertz CT molecular complexity index is 708. The topological polar surface area (TPSA) is 50.2 Å². The van der Waals surface area contributed by atoms with E-state index in [0.717, 1.165) is 16.7 Å². The van der Waals surface area contributed by atoms with Gasteiger partial charge in [0.2, 0.25) is 0 Å². The van der Waals surface area contributed by atoms with Crippen molar-refractivity contribution in [2.75, 3.05) is 0 Å². The van der Waals surface area contributed by atoms with E-state index >= 15 is 0 Å². The first-order valence-corrected chi connectivity index (χ1v) is 4.73. The highest BCUT2D eigenvalue weighted by Gasteiger charge is 2.05. The normalized spacial score (nSPS) is 11.3. The van der Waals surface area contributed by atoms with Crippen molar-refractivity contribution < 1.29 is 0 Å². The molecule has 0 spiro atoms. The molecule has 4 heteroatoms. The van der Waals surface area contributed by atoms with Crippen molar-refractivity contribution in [1.29, 1.82) is 0 Å². The van der Waals surface area contributed by atoms with Gasteiger partial charge in [0.1, 0.15) is 5.52 Å². The minimum Gasteiger partial charge on any atom is -0.319 e. The zero-order valence-corrected chi connectivity index (χ0v) is 8.19. The van der Waals surface area contributed by atoms with E-state index in [1.165, 1.54) is 0 Å². The molecule has 3 aromatic rings. The van der Waals surface area contributed by atoms with Crippen LogP contribution in [0.1, 0.15) is 5.69 Å². The predicted molar refractivity (Wildman–Crippen MR) is 58.1 cm³/mol. The van der Waals surface area contributed by atoms with Crippen LogP contribution in [0.4, 0.5) is 0 Å². The van der Waals surface area contributed by atoms with E-state index in [-0.39, 0.29) is 5.56 Å². The van der Waals surface area contributed by atoms with Gasteiger partial charge in [0, 0.05) is 0 Å². The van der Waals surface area contributed by atoms with Gasteiger partial charge in [0.25, 0.3) is 5.56 Å².